The monoisotopic (exact) mass is 362 g/mol. The van der Waals surface area contributed by atoms with Gasteiger partial charge in [-0.05, 0) is 40.8 Å². The van der Waals surface area contributed by atoms with Gasteiger partial charge in [0, 0.05) is 0 Å². The van der Waals surface area contributed by atoms with Crippen molar-refractivity contribution in [1.82, 2.24) is 10.9 Å². The highest BCUT2D eigenvalue weighted by Crippen LogP contribution is 2.24. The van der Waals surface area contributed by atoms with Gasteiger partial charge in [0.05, 0.1) is 22.8 Å². The van der Waals surface area contributed by atoms with E-state index in [1.807, 2.05) is 55.5 Å². The Morgan fingerprint density at radius 3 is 1.59 bits per heavy atom. The van der Waals surface area contributed by atoms with Gasteiger partial charge in [0.1, 0.15) is 0 Å². The van der Waals surface area contributed by atoms with Crippen LogP contribution in [-0.2, 0) is 0 Å². The van der Waals surface area contributed by atoms with Crippen LogP contribution in [0.1, 0.15) is 18.1 Å². The summed E-state index contributed by atoms with van der Waals surface area (Å²) in [4.78, 5) is 0. The van der Waals surface area contributed by atoms with E-state index in [1.165, 1.54) is 0 Å². The maximum Gasteiger partial charge on any atom is 0.0745 e. The SMILES string of the molecule is C=C/C(NN)=C(/N)c1ccc(-c2ccc(/C(N)=C(/NN)C(=C)C)cc2)cc1. The predicted octanol–water partition coefficient (Wildman–Crippen LogP) is 2.30. The molecule has 2 aromatic carbocycles. The summed E-state index contributed by atoms with van der Waals surface area (Å²) in [6.45, 7) is 9.40. The second-order valence-corrected chi connectivity index (χ2v) is 6.04. The van der Waals surface area contributed by atoms with Crippen LogP contribution < -0.4 is 34.0 Å². The molecule has 0 fully saturated rings. The average molecular weight is 362 g/mol. The van der Waals surface area contributed by atoms with Crippen molar-refractivity contribution in [2.75, 3.05) is 0 Å². The van der Waals surface area contributed by atoms with E-state index in [9.17, 15) is 0 Å². The molecule has 0 bridgehead atoms. The number of hydrogen-bond acceptors (Lipinski definition) is 6. The smallest absolute Gasteiger partial charge is 0.0745 e. The first-order valence-electron chi connectivity index (χ1n) is 8.35. The number of nitrogens with two attached hydrogens (primary N) is 4. The molecule has 0 aliphatic heterocycles. The Morgan fingerprint density at radius 1 is 0.815 bits per heavy atom. The fourth-order valence-electron chi connectivity index (χ4n) is 2.66. The van der Waals surface area contributed by atoms with Crippen LogP contribution in [0.2, 0.25) is 0 Å². The topological polar surface area (TPSA) is 128 Å². The number of benzene rings is 2. The van der Waals surface area contributed by atoms with Gasteiger partial charge >= 0.3 is 0 Å². The summed E-state index contributed by atoms with van der Waals surface area (Å²) in [5.74, 6) is 11.0. The Bertz CT molecular complexity index is 889. The Balaban J connectivity index is 2.32. The van der Waals surface area contributed by atoms with Crippen LogP contribution in [0.15, 0.2) is 84.7 Å². The maximum absolute atomic E-state index is 6.18. The first-order valence-corrected chi connectivity index (χ1v) is 8.35. The van der Waals surface area contributed by atoms with Crippen molar-refractivity contribution in [2.45, 2.75) is 6.92 Å². The molecular weight excluding hydrogens is 336 g/mol. The molecule has 0 aromatic heterocycles. The number of rotatable bonds is 7. The van der Waals surface area contributed by atoms with Gasteiger partial charge in [-0.2, -0.15) is 0 Å². The highest BCUT2D eigenvalue weighted by molar-refractivity contribution is 5.74. The second-order valence-electron chi connectivity index (χ2n) is 6.04. The molecule has 2 rings (SSSR count). The zero-order chi connectivity index (χ0) is 20.0. The summed E-state index contributed by atoms with van der Waals surface area (Å²) in [5.41, 5.74) is 24.3. The van der Waals surface area contributed by atoms with E-state index >= 15 is 0 Å². The van der Waals surface area contributed by atoms with Gasteiger partial charge in [-0.15, -0.1) is 0 Å². The van der Waals surface area contributed by atoms with Gasteiger partial charge in [-0.3, -0.25) is 11.7 Å². The zero-order valence-electron chi connectivity index (χ0n) is 15.4. The molecule has 0 aliphatic carbocycles. The molecule has 140 valence electrons. The molecule has 0 saturated carbocycles. The Kier molecular flexibility index (Phi) is 6.43. The number of hydrogen-bond donors (Lipinski definition) is 6. The van der Waals surface area contributed by atoms with Crippen molar-refractivity contribution >= 4 is 11.4 Å². The van der Waals surface area contributed by atoms with Gasteiger partial charge < -0.3 is 22.3 Å². The lowest BCUT2D eigenvalue weighted by atomic mass is 10.00. The lowest BCUT2D eigenvalue weighted by molar-refractivity contribution is 0.896. The minimum Gasteiger partial charge on any atom is -0.397 e. The fourth-order valence-corrected chi connectivity index (χ4v) is 2.66. The molecule has 2 aromatic rings. The molecule has 10 N–H and O–H groups in total. The lowest BCUT2D eigenvalue weighted by Gasteiger charge is -2.12. The summed E-state index contributed by atoms with van der Waals surface area (Å²) in [6, 6.07) is 15.8. The van der Waals surface area contributed by atoms with E-state index in [2.05, 4.69) is 24.0 Å². The summed E-state index contributed by atoms with van der Waals surface area (Å²) >= 11 is 0. The van der Waals surface area contributed by atoms with Crippen LogP contribution >= 0.6 is 0 Å². The minimum atomic E-state index is 0.536. The second kappa shape index (κ2) is 8.75. The molecule has 27 heavy (non-hydrogen) atoms. The van der Waals surface area contributed by atoms with Crippen molar-refractivity contribution in [1.29, 1.82) is 0 Å². The summed E-state index contributed by atoms with van der Waals surface area (Å²) in [6.07, 6.45) is 1.58. The van der Waals surface area contributed by atoms with Crippen LogP contribution in [0.4, 0.5) is 0 Å². The molecule has 0 saturated heterocycles. The van der Waals surface area contributed by atoms with E-state index in [0.29, 0.717) is 22.8 Å². The Labute approximate surface area is 159 Å². The third-order valence-electron chi connectivity index (χ3n) is 4.22. The summed E-state index contributed by atoms with van der Waals surface area (Å²) < 4.78 is 0. The standard InChI is InChI=1S/C21H26N6/c1-4-18(26-24)19(22)16-9-5-14(6-10-16)15-7-11-17(12-8-15)20(23)21(27-25)13(2)3/h4-12,26-27H,1-2,22-25H2,3H3/b19-18-,21-20-. The van der Waals surface area contributed by atoms with Crippen molar-refractivity contribution in [3.8, 4) is 11.1 Å². The number of hydrazine groups is 2. The molecule has 0 unspecified atom stereocenters. The largest absolute Gasteiger partial charge is 0.397 e. The normalized spacial score (nSPS) is 12.6. The molecular formula is C21H26N6. The Morgan fingerprint density at radius 2 is 1.26 bits per heavy atom. The number of allylic oxidation sites excluding steroid dienone is 2. The number of nitrogens with one attached hydrogen (secondary N) is 2. The molecule has 6 heteroatoms. The van der Waals surface area contributed by atoms with Crippen LogP contribution in [0.5, 0.6) is 0 Å². The highest BCUT2D eigenvalue weighted by atomic mass is 15.2. The van der Waals surface area contributed by atoms with E-state index in [1.54, 1.807) is 6.08 Å². The minimum absolute atomic E-state index is 0.536. The average Bonchev–Trinajstić information content (AvgIpc) is 2.69. The van der Waals surface area contributed by atoms with Crippen molar-refractivity contribution in [3.63, 3.8) is 0 Å². The van der Waals surface area contributed by atoms with Crippen LogP contribution in [0, 0.1) is 0 Å². The lowest BCUT2D eigenvalue weighted by Crippen LogP contribution is -2.24. The zero-order valence-corrected chi connectivity index (χ0v) is 15.4. The summed E-state index contributed by atoms with van der Waals surface area (Å²) in [7, 11) is 0. The molecule has 6 nitrogen and oxygen atoms in total. The fraction of sp³-hybridized carbons (Fsp3) is 0.0476. The maximum atomic E-state index is 6.18. The molecule has 0 amide bonds. The Hall–Kier alpha value is -3.48. The third-order valence-corrected chi connectivity index (χ3v) is 4.22. The van der Waals surface area contributed by atoms with Crippen molar-refractivity contribution < 1.29 is 0 Å². The quantitative estimate of drug-likeness (QED) is 0.255. The first kappa shape index (κ1) is 19.8. The van der Waals surface area contributed by atoms with Crippen molar-refractivity contribution in [3.05, 3.63) is 95.9 Å². The molecule has 0 aliphatic rings. The molecule has 0 radical (unpaired) electrons. The molecule has 0 spiro atoms. The van der Waals surface area contributed by atoms with Crippen LogP contribution in [0.3, 0.4) is 0 Å². The van der Waals surface area contributed by atoms with Gasteiger partial charge in [-0.25, -0.2) is 0 Å². The van der Waals surface area contributed by atoms with E-state index in [4.69, 9.17) is 23.2 Å². The predicted molar refractivity (Wildman–Crippen MR) is 114 cm³/mol. The van der Waals surface area contributed by atoms with E-state index < -0.39 is 0 Å². The molecule has 0 atom stereocenters. The van der Waals surface area contributed by atoms with E-state index in [-0.39, 0.29) is 0 Å². The van der Waals surface area contributed by atoms with Gasteiger partial charge in [0.15, 0.2) is 0 Å². The summed E-state index contributed by atoms with van der Waals surface area (Å²) in [5, 5.41) is 0. The van der Waals surface area contributed by atoms with Gasteiger partial charge in [-0.1, -0.05) is 61.7 Å². The van der Waals surface area contributed by atoms with Gasteiger partial charge in [0.2, 0.25) is 0 Å². The van der Waals surface area contributed by atoms with E-state index in [0.717, 1.165) is 27.8 Å². The first-order chi connectivity index (χ1) is 12.9. The molecule has 0 heterocycles. The van der Waals surface area contributed by atoms with Gasteiger partial charge in [0.25, 0.3) is 0 Å². The van der Waals surface area contributed by atoms with Crippen molar-refractivity contribution in [2.24, 2.45) is 23.2 Å². The highest BCUT2D eigenvalue weighted by Gasteiger charge is 2.07. The third kappa shape index (κ3) is 4.38. The van der Waals surface area contributed by atoms with Crippen LogP contribution in [0.25, 0.3) is 22.5 Å². The van der Waals surface area contributed by atoms with Crippen LogP contribution in [-0.4, -0.2) is 0 Å².